The maximum atomic E-state index is 11.2. The smallest absolute Gasteiger partial charge is 0.229 e. The van der Waals surface area contributed by atoms with Crippen molar-refractivity contribution in [2.45, 2.75) is 32.7 Å². The zero-order chi connectivity index (χ0) is 11.2. The van der Waals surface area contributed by atoms with Crippen molar-refractivity contribution >= 4 is 11.8 Å². The van der Waals surface area contributed by atoms with E-state index in [1.165, 1.54) is 0 Å². The highest BCUT2D eigenvalue weighted by Crippen LogP contribution is 1.98. The molecule has 0 aliphatic heterocycles. The molecule has 82 valence electrons. The zero-order valence-corrected chi connectivity index (χ0v) is 8.89. The number of rotatable bonds is 4. The lowest BCUT2D eigenvalue weighted by Crippen LogP contribution is -2.42. The van der Waals surface area contributed by atoms with Gasteiger partial charge in [-0.15, -0.1) is 0 Å². The normalized spacial score (nSPS) is 10.9. The van der Waals surface area contributed by atoms with E-state index >= 15 is 0 Å². The number of carbonyl (C=O) groups excluding carboxylic acids is 2. The summed E-state index contributed by atoms with van der Waals surface area (Å²) in [6, 6.07) is 0. The Labute approximate surface area is 83.9 Å². The van der Waals surface area contributed by atoms with Crippen LogP contribution in [0, 0.1) is 0 Å². The fourth-order valence-corrected chi connectivity index (χ4v) is 0.866. The van der Waals surface area contributed by atoms with Crippen molar-refractivity contribution in [1.29, 1.82) is 0 Å². The molecular formula is C9H18N2O3. The van der Waals surface area contributed by atoms with E-state index in [9.17, 15) is 9.59 Å². The van der Waals surface area contributed by atoms with Crippen LogP contribution in [-0.4, -0.2) is 35.6 Å². The summed E-state index contributed by atoms with van der Waals surface area (Å²) in [5, 5.41) is 13.5. The van der Waals surface area contributed by atoms with Crippen molar-refractivity contribution in [2.75, 3.05) is 13.2 Å². The van der Waals surface area contributed by atoms with E-state index in [-0.39, 0.29) is 36.9 Å². The van der Waals surface area contributed by atoms with Crippen LogP contribution in [-0.2, 0) is 9.59 Å². The molecule has 0 aliphatic carbocycles. The van der Waals surface area contributed by atoms with Gasteiger partial charge in [0.1, 0.15) is 6.42 Å². The van der Waals surface area contributed by atoms with E-state index < -0.39 is 0 Å². The Bertz CT molecular complexity index is 209. The van der Waals surface area contributed by atoms with Gasteiger partial charge >= 0.3 is 0 Å². The van der Waals surface area contributed by atoms with Crippen LogP contribution in [0.15, 0.2) is 0 Å². The van der Waals surface area contributed by atoms with Gasteiger partial charge in [-0.3, -0.25) is 9.59 Å². The Morgan fingerprint density at radius 2 is 1.79 bits per heavy atom. The van der Waals surface area contributed by atoms with E-state index in [0.29, 0.717) is 0 Å². The lowest BCUT2D eigenvalue weighted by molar-refractivity contribution is -0.130. The predicted octanol–water partition coefficient (Wildman–Crippen LogP) is -0.600. The first-order valence-electron chi connectivity index (χ1n) is 4.54. The van der Waals surface area contributed by atoms with Gasteiger partial charge in [0.2, 0.25) is 11.8 Å². The molecule has 0 heterocycles. The Kier molecular flexibility index (Phi) is 5.15. The fraction of sp³-hybridized carbons (Fsp3) is 0.778. The summed E-state index contributed by atoms with van der Waals surface area (Å²) < 4.78 is 0. The van der Waals surface area contributed by atoms with Crippen molar-refractivity contribution in [3.05, 3.63) is 0 Å². The van der Waals surface area contributed by atoms with Crippen LogP contribution in [0.1, 0.15) is 27.2 Å². The van der Waals surface area contributed by atoms with E-state index in [1.807, 2.05) is 20.8 Å². The van der Waals surface area contributed by atoms with Gasteiger partial charge in [-0.1, -0.05) is 0 Å². The molecule has 0 fully saturated rings. The number of aliphatic hydroxyl groups excluding tert-OH is 1. The van der Waals surface area contributed by atoms with Crippen LogP contribution in [0.5, 0.6) is 0 Å². The molecule has 0 aromatic rings. The first-order chi connectivity index (χ1) is 6.35. The van der Waals surface area contributed by atoms with E-state index in [0.717, 1.165) is 0 Å². The molecule has 2 amide bonds. The summed E-state index contributed by atoms with van der Waals surface area (Å²) in [6.07, 6.45) is -0.197. The second kappa shape index (κ2) is 5.59. The average molecular weight is 202 g/mol. The van der Waals surface area contributed by atoms with Crippen molar-refractivity contribution in [3.8, 4) is 0 Å². The van der Waals surface area contributed by atoms with E-state index in [1.54, 1.807) is 0 Å². The molecule has 0 rings (SSSR count). The van der Waals surface area contributed by atoms with Crippen molar-refractivity contribution in [2.24, 2.45) is 0 Å². The summed E-state index contributed by atoms with van der Waals surface area (Å²) in [5.41, 5.74) is -0.325. The highest BCUT2D eigenvalue weighted by Gasteiger charge is 2.15. The number of carbonyl (C=O) groups is 2. The highest BCUT2D eigenvalue weighted by molar-refractivity contribution is 5.97. The van der Waals surface area contributed by atoms with Crippen LogP contribution in [0.3, 0.4) is 0 Å². The van der Waals surface area contributed by atoms with Gasteiger partial charge in [-0.05, 0) is 20.8 Å². The number of aliphatic hydroxyl groups is 1. The zero-order valence-electron chi connectivity index (χ0n) is 8.89. The second-order valence-electron chi connectivity index (χ2n) is 4.05. The van der Waals surface area contributed by atoms with Crippen LogP contribution >= 0.6 is 0 Å². The SMILES string of the molecule is CC(C)(C)NC(=O)CC(=O)NCCO. The van der Waals surface area contributed by atoms with Crippen LogP contribution in [0.2, 0.25) is 0 Å². The van der Waals surface area contributed by atoms with E-state index in [2.05, 4.69) is 10.6 Å². The average Bonchev–Trinajstić information content (AvgIpc) is 1.96. The largest absolute Gasteiger partial charge is 0.395 e. The van der Waals surface area contributed by atoms with Gasteiger partial charge in [0.15, 0.2) is 0 Å². The molecular weight excluding hydrogens is 184 g/mol. The summed E-state index contributed by atoms with van der Waals surface area (Å²) >= 11 is 0. The third-order valence-corrected chi connectivity index (χ3v) is 1.27. The van der Waals surface area contributed by atoms with Crippen LogP contribution in [0.25, 0.3) is 0 Å². The number of nitrogens with one attached hydrogen (secondary N) is 2. The van der Waals surface area contributed by atoms with Gasteiger partial charge in [-0.25, -0.2) is 0 Å². The van der Waals surface area contributed by atoms with Gasteiger partial charge in [0, 0.05) is 12.1 Å². The third-order valence-electron chi connectivity index (χ3n) is 1.27. The van der Waals surface area contributed by atoms with E-state index in [4.69, 9.17) is 5.11 Å². The third kappa shape index (κ3) is 7.54. The molecule has 0 unspecified atom stereocenters. The molecule has 0 saturated heterocycles. The molecule has 0 saturated carbocycles. The van der Waals surface area contributed by atoms with Gasteiger partial charge in [-0.2, -0.15) is 0 Å². The Balaban J connectivity index is 3.78. The molecule has 14 heavy (non-hydrogen) atoms. The number of amides is 2. The van der Waals surface area contributed by atoms with Gasteiger partial charge in [0.25, 0.3) is 0 Å². The van der Waals surface area contributed by atoms with Gasteiger partial charge in [0.05, 0.1) is 6.61 Å². The van der Waals surface area contributed by atoms with Crippen LogP contribution < -0.4 is 10.6 Å². The maximum Gasteiger partial charge on any atom is 0.229 e. The minimum Gasteiger partial charge on any atom is -0.395 e. The summed E-state index contributed by atoms with van der Waals surface area (Å²) in [7, 11) is 0. The molecule has 0 aliphatic rings. The molecule has 3 N–H and O–H groups in total. The quantitative estimate of drug-likeness (QED) is 0.533. The second-order valence-corrected chi connectivity index (χ2v) is 4.05. The summed E-state index contributed by atoms with van der Waals surface area (Å²) in [5.74, 6) is -0.686. The Morgan fingerprint density at radius 1 is 1.21 bits per heavy atom. The Morgan fingerprint density at radius 3 is 2.21 bits per heavy atom. The topological polar surface area (TPSA) is 78.4 Å². The lowest BCUT2D eigenvalue weighted by Gasteiger charge is -2.20. The number of hydrogen-bond donors (Lipinski definition) is 3. The van der Waals surface area contributed by atoms with Gasteiger partial charge < -0.3 is 15.7 Å². The molecule has 0 bridgehead atoms. The predicted molar refractivity (Wildman–Crippen MR) is 52.6 cm³/mol. The molecule has 0 radical (unpaired) electrons. The molecule has 0 spiro atoms. The highest BCUT2D eigenvalue weighted by atomic mass is 16.3. The van der Waals surface area contributed by atoms with Crippen molar-refractivity contribution in [3.63, 3.8) is 0 Å². The molecule has 0 aromatic carbocycles. The van der Waals surface area contributed by atoms with Crippen LogP contribution in [0.4, 0.5) is 0 Å². The fourth-order valence-electron chi connectivity index (χ4n) is 0.866. The van der Waals surface area contributed by atoms with Crippen molar-refractivity contribution < 1.29 is 14.7 Å². The molecule has 0 aromatic heterocycles. The van der Waals surface area contributed by atoms with Crippen molar-refractivity contribution in [1.82, 2.24) is 10.6 Å². The first-order valence-corrected chi connectivity index (χ1v) is 4.54. The summed E-state index contributed by atoms with van der Waals surface area (Å²) in [6.45, 7) is 5.60. The Hall–Kier alpha value is -1.10. The molecule has 0 atom stereocenters. The minimum absolute atomic E-state index is 0.118. The molecule has 5 heteroatoms. The lowest BCUT2D eigenvalue weighted by atomic mass is 10.1. The summed E-state index contributed by atoms with van der Waals surface area (Å²) in [4.78, 5) is 22.2. The maximum absolute atomic E-state index is 11.2. The minimum atomic E-state index is -0.374. The standard InChI is InChI=1S/C9H18N2O3/c1-9(2,3)11-8(14)6-7(13)10-4-5-12/h12H,4-6H2,1-3H3,(H,10,13)(H,11,14). The first kappa shape index (κ1) is 12.9. The number of hydrogen-bond acceptors (Lipinski definition) is 3. The molecule has 5 nitrogen and oxygen atoms in total. The monoisotopic (exact) mass is 202 g/mol.